The zero-order valence-electron chi connectivity index (χ0n) is 39.3. The van der Waals surface area contributed by atoms with E-state index < -0.39 is 6.03 Å². The highest BCUT2D eigenvalue weighted by Gasteiger charge is 2.23. The highest BCUT2D eigenvalue weighted by molar-refractivity contribution is 6.07. The molecule has 4 heterocycles. The maximum Gasteiger partial charge on any atom is 0.332 e. The summed E-state index contributed by atoms with van der Waals surface area (Å²) in [7, 11) is 1.49. The number of carbonyl (C=O) groups excluding carboxylic acids is 3. The summed E-state index contributed by atoms with van der Waals surface area (Å²) >= 11 is 0. The van der Waals surface area contributed by atoms with Crippen LogP contribution in [0.5, 0.6) is 11.5 Å². The number of hydrogen-bond donors (Lipinski definition) is 3. The Bertz CT molecular complexity index is 2990. The Labute approximate surface area is 390 Å². The lowest BCUT2D eigenvalue weighted by Gasteiger charge is -2.14. The van der Waals surface area contributed by atoms with Gasteiger partial charge in [0.1, 0.15) is 36.1 Å². The number of ketones is 1. The molecule has 0 aliphatic rings. The Hall–Kier alpha value is -7.91. The van der Waals surface area contributed by atoms with Crippen molar-refractivity contribution < 1.29 is 23.9 Å². The zero-order valence-corrected chi connectivity index (χ0v) is 39.3. The third-order valence-electron chi connectivity index (χ3n) is 10.6. The summed E-state index contributed by atoms with van der Waals surface area (Å²) in [6.45, 7) is 16.6. The van der Waals surface area contributed by atoms with Gasteiger partial charge >= 0.3 is 12.1 Å². The lowest BCUT2D eigenvalue weighted by Crippen LogP contribution is -2.21. The number of methoxy groups -OCH3 is 1. The number of benzene rings is 4. The first-order valence-electron chi connectivity index (χ1n) is 21.8. The van der Waals surface area contributed by atoms with Gasteiger partial charge in [0, 0.05) is 65.5 Å². The van der Waals surface area contributed by atoms with Crippen molar-refractivity contribution in [2.75, 3.05) is 29.7 Å². The highest BCUT2D eigenvalue weighted by Crippen LogP contribution is 2.35. The van der Waals surface area contributed by atoms with Crippen molar-refractivity contribution in [3.8, 4) is 22.9 Å². The van der Waals surface area contributed by atoms with E-state index in [-0.39, 0.29) is 35.7 Å². The van der Waals surface area contributed by atoms with Crippen LogP contribution in [0.3, 0.4) is 0 Å². The van der Waals surface area contributed by atoms with Gasteiger partial charge < -0.3 is 14.8 Å². The second-order valence-corrected chi connectivity index (χ2v) is 18.2. The van der Waals surface area contributed by atoms with E-state index in [1.807, 2.05) is 105 Å². The van der Waals surface area contributed by atoms with E-state index in [0.29, 0.717) is 34.5 Å². The maximum atomic E-state index is 13.3. The fourth-order valence-electron chi connectivity index (χ4n) is 6.89. The number of anilines is 3. The number of pyridine rings is 1. The van der Waals surface area contributed by atoms with E-state index in [1.54, 1.807) is 46.2 Å². The molecule has 67 heavy (non-hydrogen) atoms. The van der Waals surface area contributed by atoms with Gasteiger partial charge in [0.05, 0.1) is 40.6 Å². The SMILES string of the molecule is COCC(=O)Cc1cc(Oc2ccc(NC(=O)Nc3cc(C(C)(C)C)nn3-c3ccc(C)cc3)c3ccccc23)ccn1.Cc1ccc(-n2nc(C(C)(C)C)cc2NC(=O)n2ccnc2)cc1. The van der Waals surface area contributed by atoms with Gasteiger partial charge in [-0.25, -0.2) is 23.9 Å². The Morgan fingerprint density at radius 2 is 1.24 bits per heavy atom. The van der Waals surface area contributed by atoms with E-state index >= 15 is 0 Å². The molecule has 0 aliphatic heterocycles. The van der Waals surface area contributed by atoms with Crippen LogP contribution in [0.15, 0.2) is 134 Å². The monoisotopic (exact) mass is 900 g/mol. The van der Waals surface area contributed by atoms with E-state index in [9.17, 15) is 14.4 Å². The van der Waals surface area contributed by atoms with Crippen LogP contribution in [0.2, 0.25) is 0 Å². The second kappa shape index (κ2) is 20.1. The van der Waals surface area contributed by atoms with Gasteiger partial charge in [-0.15, -0.1) is 0 Å². The standard InChI is InChI=1S/C34H35N5O4.C18H21N5O/c1-22-10-12-24(13-11-22)39-32(20-31(38-39)34(2,3)4)37-33(41)36-29-14-15-30(28-9-7-6-8-27(28)29)43-26-16-17-35-23(19-26)18-25(40)21-42-5;1-13-5-7-14(8-6-13)23-16(11-15(21-23)18(2,3)4)20-17(24)22-10-9-19-12-22/h6-17,19-20H,18,21H2,1-5H3,(H2,36,37,41);5-12H,1-4H3,(H,20,24). The molecule has 344 valence electrons. The first kappa shape index (κ1) is 47.1. The van der Waals surface area contributed by atoms with Gasteiger partial charge in [-0.3, -0.25) is 25.0 Å². The van der Waals surface area contributed by atoms with E-state index in [1.165, 1.54) is 23.6 Å². The van der Waals surface area contributed by atoms with Crippen LogP contribution in [0.25, 0.3) is 22.1 Å². The smallest absolute Gasteiger partial charge is 0.332 e. The number of aromatic nitrogens is 7. The Morgan fingerprint density at radius 3 is 1.79 bits per heavy atom. The molecule has 0 fully saturated rings. The van der Waals surface area contributed by atoms with Crippen LogP contribution in [0.4, 0.5) is 26.9 Å². The number of carbonyl (C=O) groups is 3. The lowest BCUT2D eigenvalue weighted by atomic mass is 9.92. The minimum Gasteiger partial charge on any atom is -0.457 e. The van der Waals surface area contributed by atoms with Crippen molar-refractivity contribution in [1.82, 2.24) is 34.1 Å². The normalized spacial score (nSPS) is 11.4. The third-order valence-corrected chi connectivity index (χ3v) is 10.6. The number of amides is 3. The predicted molar refractivity (Wildman–Crippen MR) is 262 cm³/mol. The van der Waals surface area contributed by atoms with E-state index in [2.05, 4.69) is 67.5 Å². The van der Waals surface area contributed by atoms with Crippen molar-refractivity contribution in [2.45, 2.75) is 72.6 Å². The van der Waals surface area contributed by atoms with Gasteiger partial charge in [0.2, 0.25) is 0 Å². The van der Waals surface area contributed by atoms with Crippen LogP contribution in [0.1, 0.15) is 69.8 Å². The average molecular weight is 901 g/mol. The summed E-state index contributed by atoms with van der Waals surface area (Å²) in [6.07, 6.45) is 6.40. The number of aryl methyl sites for hydroxylation is 2. The largest absolute Gasteiger partial charge is 0.457 e. The van der Waals surface area contributed by atoms with Crippen molar-refractivity contribution in [3.05, 3.63) is 162 Å². The number of hydrogen-bond acceptors (Lipinski definition) is 9. The van der Waals surface area contributed by atoms with E-state index in [0.717, 1.165) is 39.1 Å². The number of ether oxygens (including phenoxy) is 2. The van der Waals surface area contributed by atoms with Crippen molar-refractivity contribution >= 4 is 45.9 Å². The molecule has 0 spiro atoms. The van der Waals surface area contributed by atoms with Crippen LogP contribution < -0.4 is 20.7 Å². The Kier molecular flexibility index (Phi) is 14.1. The first-order valence-corrected chi connectivity index (χ1v) is 21.8. The molecule has 8 aromatic rings. The first-order chi connectivity index (χ1) is 31.9. The number of fused-ring (bicyclic) bond motifs is 1. The fraction of sp³-hybridized carbons (Fsp3) is 0.250. The number of Topliss-reactive ketones (excluding diaryl/α,β-unsaturated/α-hetero) is 1. The van der Waals surface area contributed by atoms with Crippen molar-refractivity contribution in [3.63, 3.8) is 0 Å². The molecule has 0 saturated carbocycles. The fourth-order valence-corrected chi connectivity index (χ4v) is 6.89. The predicted octanol–water partition coefficient (Wildman–Crippen LogP) is 11.0. The molecule has 0 saturated heterocycles. The molecule has 4 aromatic heterocycles. The molecule has 0 atom stereocenters. The quantitative estimate of drug-likeness (QED) is 0.114. The van der Waals surface area contributed by atoms with Crippen LogP contribution >= 0.6 is 0 Å². The number of imidazole rings is 1. The summed E-state index contributed by atoms with van der Waals surface area (Å²) in [5.74, 6) is 2.28. The number of nitrogens with one attached hydrogen (secondary N) is 3. The Morgan fingerprint density at radius 1 is 0.657 bits per heavy atom. The molecule has 4 aromatic carbocycles. The van der Waals surface area contributed by atoms with Crippen LogP contribution in [-0.2, 0) is 26.8 Å². The summed E-state index contributed by atoms with van der Waals surface area (Å²) in [5.41, 5.74) is 6.72. The van der Waals surface area contributed by atoms with Crippen molar-refractivity contribution in [1.29, 1.82) is 0 Å². The molecule has 15 nitrogen and oxygen atoms in total. The minimum atomic E-state index is -0.396. The molecule has 0 unspecified atom stereocenters. The average Bonchev–Trinajstić information content (AvgIpc) is 4.07. The van der Waals surface area contributed by atoms with Crippen LogP contribution in [0, 0.1) is 13.8 Å². The van der Waals surface area contributed by atoms with Gasteiger partial charge in [0.25, 0.3) is 0 Å². The van der Waals surface area contributed by atoms with Gasteiger partial charge in [-0.05, 0) is 56.3 Å². The van der Waals surface area contributed by atoms with E-state index in [4.69, 9.17) is 19.7 Å². The molecule has 8 rings (SSSR count). The topological polar surface area (TPSA) is 172 Å². The summed E-state index contributed by atoms with van der Waals surface area (Å²) in [4.78, 5) is 45.8. The molecule has 0 radical (unpaired) electrons. The molecule has 3 N–H and O–H groups in total. The highest BCUT2D eigenvalue weighted by atomic mass is 16.5. The van der Waals surface area contributed by atoms with Crippen LogP contribution in [-0.4, -0.2) is 65.7 Å². The molecule has 0 aliphatic carbocycles. The lowest BCUT2D eigenvalue weighted by molar-refractivity contribution is -0.122. The molecule has 15 heteroatoms. The minimum absolute atomic E-state index is 0.0332. The number of nitrogens with zero attached hydrogens (tertiary/aromatic N) is 7. The number of rotatable bonds is 11. The molecular formula is C52H56N10O5. The van der Waals surface area contributed by atoms with Gasteiger partial charge in [-0.2, -0.15) is 10.2 Å². The number of urea groups is 1. The Balaban J connectivity index is 0.000000234. The van der Waals surface area contributed by atoms with Gasteiger partial charge in [-0.1, -0.05) is 101 Å². The molecule has 0 bridgehead atoms. The molecule has 3 amide bonds. The van der Waals surface area contributed by atoms with Gasteiger partial charge in [0.15, 0.2) is 5.78 Å². The maximum absolute atomic E-state index is 13.3. The summed E-state index contributed by atoms with van der Waals surface area (Å²) < 4.78 is 16.0. The van der Waals surface area contributed by atoms with Crippen molar-refractivity contribution in [2.24, 2.45) is 0 Å². The second-order valence-electron chi connectivity index (χ2n) is 18.2. The summed E-state index contributed by atoms with van der Waals surface area (Å²) in [5, 5.41) is 20.0. The molecular weight excluding hydrogens is 845 g/mol. The zero-order chi connectivity index (χ0) is 47.9. The third kappa shape index (κ3) is 11.9. The summed E-state index contributed by atoms with van der Waals surface area (Å²) in [6, 6.07) is 33.9.